The molecule has 6 unspecified atom stereocenters. The van der Waals surface area contributed by atoms with Crippen molar-refractivity contribution in [1.82, 2.24) is 0 Å². The van der Waals surface area contributed by atoms with Crippen molar-refractivity contribution in [3.05, 3.63) is 29.8 Å². The first-order chi connectivity index (χ1) is 14.6. The third-order valence-electron chi connectivity index (χ3n) is 10.1. The molecular formula is C26H38O4S. The van der Waals surface area contributed by atoms with Gasteiger partial charge in [0.05, 0.1) is 11.0 Å². The molecule has 5 rings (SSSR count). The Morgan fingerprint density at radius 2 is 1.68 bits per heavy atom. The summed E-state index contributed by atoms with van der Waals surface area (Å²) >= 11 is 0. The molecule has 0 heterocycles. The minimum absolute atomic E-state index is 0.179. The van der Waals surface area contributed by atoms with E-state index in [2.05, 4.69) is 13.8 Å². The van der Waals surface area contributed by atoms with Gasteiger partial charge in [0.25, 0.3) is 10.1 Å². The Kier molecular flexibility index (Phi) is 5.35. The highest BCUT2D eigenvalue weighted by Crippen LogP contribution is 2.66. The first-order valence-electron chi connectivity index (χ1n) is 12.3. The molecule has 1 N–H and O–H groups in total. The van der Waals surface area contributed by atoms with E-state index in [1.807, 2.05) is 6.92 Å². The normalized spacial score (nSPS) is 44.9. The van der Waals surface area contributed by atoms with E-state index in [9.17, 15) is 13.5 Å². The van der Waals surface area contributed by atoms with E-state index in [0.29, 0.717) is 29.6 Å². The highest BCUT2D eigenvalue weighted by Gasteiger charge is 2.62. The zero-order chi connectivity index (χ0) is 22.0. The molecule has 4 aliphatic carbocycles. The van der Waals surface area contributed by atoms with Crippen molar-refractivity contribution >= 4 is 10.1 Å². The van der Waals surface area contributed by atoms with Crippen LogP contribution in [-0.4, -0.2) is 25.7 Å². The smallest absolute Gasteiger partial charge is 0.297 e. The van der Waals surface area contributed by atoms with Crippen LogP contribution in [0.2, 0.25) is 0 Å². The molecule has 0 amide bonds. The lowest BCUT2D eigenvalue weighted by atomic mass is 9.45. The molecule has 1 aromatic carbocycles. The van der Waals surface area contributed by atoms with Crippen LogP contribution in [0.3, 0.4) is 0 Å². The van der Waals surface area contributed by atoms with Crippen LogP contribution >= 0.6 is 0 Å². The van der Waals surface area contributed by atoms with Crippen LogP contribution in [0.1, 0.15) is 77.2 Å². The molecule has 0 aliphatic heterocycles. The van der Waals surface area contributed by atoms with E-state index in [0.717, 1.165) is 17.9 Å². The molecule has 4 saturated carbocycles. The van der Waals surface area contributed by atoms with Crippen LogP contribution in [0, 0.1) is 41.4 Å². The molecule has 4 aliphatic rings. The molecule has 5 heteroatoms. The Morgan fingerprint density at radius 1 is 0.935 bits per heavy atom. The quantitative estimate of drug-likeness (QED) is 0.625. The lowest BCUT2D eigenvalue weighted by Gasteiger charge is -2.60. The van der Waals surface area contributed by atoms with Crippen molar-refractivity contribution in [3.8, 4) is 0 Å². The molecule has 172 valence electrons. The fraction of sp³-hybridized carbons (Fsp3) is 0.769. The number of aryl methyl sites for hydroxylation is 1. The van der Waals surface area contributed by atoms with E-state index in [-0.39, 0.29) is 10.3 Å². The van der Waals surface area contributed by atoms with Crippen molar-refractivity contribution in [1.29, 1.82) is 0 Å². The summed E-state index contributed by atoms with van der Waals surface area (Å²) < 4.78 is 31.6. The van der Waals surface area contributed by atoms with Gasteiger partial charge in [0.15, 0.2) is 0 Å². The molecule has 4 nitrogen and oxygen atoms in total. The summed E-state index contributed by atoms with van der Waals surface area (Å²) in [4.78, 5) is 0.179. The van der Waals surface area contributed by atoms with Crippen LogP contribution < -0.4 is 0 Å². The minimum Gasteiger partial charge on any atom is -0.390 e. The second kappa shape index (κ2) is 7.56. The zero-order valence-corrected chi connectivity index (χ0v) is 20.0. The van der Waals surface area contributed by atoms with E-state index in [1.54, 1.807) is 24.3 Å². The Labute approximate surface area is 187 Å². The van der Waals surface area contributed by atoms with Gasteiger partial charge in [0, 0.05) is 0 Å². The number of hydrogen-bond donors (Lipinski definition) is 1. The van der Waals surface area contributed by atoms with Gasteiger partial charge in [0.1, 0.15) is 6.10 Å². The summed E-state index contributed by atoms with van der Waals surface area (Å²) in [6.45, 7) is 6.66. The fourth-order valence-electron chi connectivity index (χ4n) is 8.27. The Bertz CT molecular complexity index is 925. The first kappa shape index (κ1) is 21.9. The van der Waals surface area contributed by atoms with Gasteiger partial charge in [-0.05, 0) is 98.5 Å². The number of benzene rings is 1. The zero-order valence-electron chi connectivity index (χ0n) is 19.2. The van der Waals surface area contributed by atoms with Crippen molar-refractivity contribution in [2.75, 3.05) is 0 Å². The van der Waals surface area contributed by atoms with E-state index < -0.39 is 22.3 Å². The predicted octanol–water partition coefficient (Wildman–Crippen LogP) is 5.47. The molecule has 4 fully saturated rings. The average molecular weight is 447 g/mol. The van der Waals surface area contributed by atoms with Gasteiger partial charge in [-0.3, -0.25) is 4.18 Å². The van der Waals surface area contributed by atoms with Crippen molar-refractivity contribution in [2.45, 2.75) is 95.7 Å². The number of rotatable bonds is 3. The highest BCUT2D eigenvalue weighted by molar-refractivity contribution is 7.86. The summed E-state index contributed by atoms with van der Waals surface area (Å²) in [5.74, 6) is 2.50. The number of fused-ring (bicyclic) bond motifs is 5. The third-order valence-corrected chi connectivity index (χ3v) is 11.4. The van der Waals surface area contributed by atoms with Crippen molar-refractivity contribution < 1.29 is 17.7 Å². The lowest BCUT2D eigenvalue weighted by Crippen LogP contribution is -2.53. The van der Waals surface area contributed by atoms with Gasteiger partial charge in [0.2, 0.25) is 0 Å². The summed E-state index contributed by atoms with van der Waals surface area (Å²) in [6, 6.07) is 6.77. The second-order valence-corrected chi connectivity index (χ2v) is 13.1. The number of hydrogen-bond acceptors (Lipinski definition) is 4. The molecule has 0 aromatic heterocycles. The van der Waals surface area contributed by atoms with Crippen LogP contribution in [0.25, 0.3) is 0 Å². The predicted molar refractivity (Wildman–Crippen MR) is 121 cm³/mol. The van der Waals surface area contributed by atoms with E-state index >= 15 is 0 Å². The van der Waals surface area contributed by atoms with E-state index in [4.69, 9.17) is 4.18 Å². The van der Waals surface area contributed by atoms with Crippen LogP contribution in [-0.2, 0) is 14.3 Å². The van der Waals surface area contributed by atoms with Gasteiger partial charge in [-0.1, -0.05) is 44.4 Å². The lowest BCUT2D eigenvalue weighted by molar-refractivity contribution is -0.122. The van der Waals surface area contributed by atoms with Gasteiger partial charge < -0.3 is 5.11 Å². The summed E-state index contributed by atoms with van der Waals surface area (Å²) in [6.07, 6.45) is 9.41. The maximum absolute atomic E-state index is 12.9. The SMILES string of the molecule is Cc1ccc(S(=O)(=O)O[C@@H]2CC3C4CC[C@H]5CCCCC5(C)C4CCC3(C)C2O)cc1. The van der Waals surface area contributed by atoms with Gasteiger partial charge in [-0.25, -0.2) is 0 Å². The highest BCUT2D eigenvalue weighted by atomic mass is 32.2. The van der Waals surface area contributed by atoms with Crippen LogP contribution in [0.5, 0.6) is 0 Å². The summed E-state index contributed by atoms with van der Waals surface area (Å²) in [5, 5.41) is 11.3. The van der Waals surface area contributed by atoms with Crippen molar-refractivity contribution in [3.63, 3.8) is 0 Å². The molecular weight excluding hydrogens is 408 g/mol. The summed E-state index contributed by atoms with van der Waals surface area (Å²) in [7, 11) is -3.88. The Morgan fingerprint density at radius 3 is 2.42 bits per heavy atom. The van der Waals surface area contributed by atoms with Crippen LogP contribution in [0.4, 0.5) is 0 Å². The molecule has 8 atom stereocenters. The van der Waals surface area contributed by atoms with E-state index in [1.165, 1.54) is 44.9 Å². The molecule has 0 bridgehead atoms. The fourth-order valence-corrected chi connectivity index (χ4v) is 9.36. The third kappa shape index (κ3) is 3.41. The molecule has 1 aromatic rings. The molecule has 0 saturated heterocycles. The van der Waals surface area contributed by atoms with Crippen molar-refractivity contribution in [2.24, 2.45) is 34.5 Å². The standard InChI is InChI=1S/C26H38O4S/c1-17-7-10-19(11-8-17)31(28,29)30-23-16-22-20-12-9-18-6-4-5-14-25(18,2)21(20)13-15-26(22,3)24(23)27/h7-8,10-11,18,20-24,27H,4-6,9,12-16H2,1-3H3/t18-,20?,21?,22?,23-,24?,25?,26?/m1/s1. The maximum Gasteiger partial charge on any atom is 0.297 e. The molecule has 0 radical (unpaired) electrons. The van der Waals surface area contributed by atoms with Crippen LogP contribution in [0.15, 0.2) is 29.2 Å². The monoisotopic (exact) mass is 446 g/mol. The Balaban J connectivity index is 1.39. The Hall–Kier alpha value is -0.910. The molecule has 0 spiro atoms. The van der Waals surface area contributed by atoms with Gasteiger partial charge >= 0.3 is 0 Å². The maximum atomic E-state index is 12.9. The topological polar surface area (TPSA) is 63.6 Å². The largest absolute Gasteiger partial charge is 0.390 e. The second-order valence-electron chi connectivity index (χ2n) is 11.5. The number of aliphatic hydroxyl groups excluding tert-OH is 1. The first-order valence-corrected chi connectivity index (χ1v) is 13.7. The summed E-state index contributed by atoms with van der Waals surface area (Å²) in [5.41, 5.74) is 1.20. The van der Waals surface area contributed by atoms with Gasteiger partial charge in [-0.15, -0.1) is 0 Å². The average Bonchev–Trinajstić information content (AvgIpc) is 2.98. The molecule has 31 heavy (non-hydrogen) atoms. The minimum atomic E-state index is -3.88. The number of aliphatic hydroxyl groups is 1. The van der Waals surface area contributed by atoms with Gasteiger partial charge in [-0.2, -0.15) is 8.42 Å².